The van der Waals surface area contributed by atoms with E-state index in [1.165, 1.54) is 5.06 Å². The summed E-state index contributed by atoms with van der Waals surface area (Å²) in [5.41, 5.74) is 7.44. The standard InChI is InChI=1S/C14H17FN2O2.ClH/c1-10-6-12-4-2-3-5-13(12)17(14(10)18)19-9-11(7-15)8-16;/h2-5,7,10H,6,8-9,16H2,1H3;1H/b11-7-;. The normalized spacial score (nSPS) is 18.6. The molecule has 0 fully saturated rings. The summed E-state index contributed by atoms with van der Waals surface area (Å²) in [7, 11) is 0. The van der Waals surface area contributed by atoms with Crippen molar-refractivity contribution in [1.82, 2.24) is 0 Å². The first kappa shape index (κ1) is 16.6. The van der Waals surface area contributed by atoms with Gasteiger partial charge in [-0.3, -0.25) is 9.63 Å². The number of halogens is 2. The monoisotopic (exact) mass is 300 g/mol. The smallest absolute Gasteiger partial charge is 0.254 e. The molecule has 4 nitrogen and oxygen atoms in total. The molecule has 110 valence electrons. The number of amides is 1. The Kier molecular flexibility index (Phi) is 6.13. The van der Waals surface area contributed by atoms with E-state index in [4.69, 9.17) is 10.6 Å². The second-order valence-electron chi connectivity index (χ2n) is 4.61. The van der Waals surface area contributed by atoms with Crippen molar-refractivity contribution in [1.29, 1.82) is 0 Å². The molecule has 0 aliphatic carbocycles. The van der Waals surface area contributed by atoms with Crippen LogP contribution in [0.5, 0.6) is 0 Å². The van der Waals surface area contributed by atoms with E-state index < -0.39 is 0 Å². The van der Waals surface area contributed by atoms with Crippen LogP contribution in [0.4, 0.5) is 10.1 Å². The summed E-state index contributed by atoms with van der Waals surface area (Å²) in [6.07, 6.45) is 1.11. The number of carbonyl (C=O) groups excluding carboxylic acids is 1. The topological polar surface area (TPSA) is 55.6 Å². The summed E-state index contributed by atoms with van der Waals surface area (Å²) in [6.45, 7) is 1.89. The number of fused-ring (bicyclic) bond motifs is 1. The molecule has 1 aromatic carbocycles. The third-order valence-corrected chi connectivity index (χ3v) is 3.15. The highest BCUT2D eigenvalue weighted by molar-refractivity contribution is 5.96. The molecule has 1 unspecified atom stereocenters. The van der Waals surface area contributed by atoms with Crippen LogP contribution >= 0.6 is 12.4 Å². The zero-order valence-corrected chi connectivity index (χ0v) is 12.0. The molecule has 0 radical (unpaired) electrons. The lowest BCUT2D eigenvalue weighted by molar-refractivity contribution is -0.129. The van der Waals surface area contributed by atoms with Crippen LogP contribution in [0.1, 0.15) is 12.5 Å². The Morgan fingerprint density at radius 2 is 2.25 bits per heavy atom. The fourth-order valence-electron chi connectivity index (χ4n) is 2.03. The molecule has 6 heteroatoms. The molecular formula is C14H18ClFN2O2. The van der Waals surface area contributed by atoms with Crippen molar-refractivity contribution in [3.05, 3.63) is 41.7 Å². The average molecular weight is 301 g/mol. The number of nitrogens with zero attached hydrogens (tertiary/aromatic N) is 1. The minimum absolute atomic E-state index is 0. The molecule has 0 aromatic heterocycles. The maximum absolute atomic E-state index is 12.5. The number of hydrogen-bond acceptors (Lipinski definition) is 3. The Hall–Kier alpha value is -1.43. The van der Waals surface area contributed by atoms with Crippen LogP contribution in [0, 0.1) is 5.92 Å². The van der Waals surface area contributed by atoms with E-state index >= 15 is 0 Å². The minimum Gasteiger partial charge on any atom is -0.327 e. The first-order valence-electron chi connectivity index (χ1n) is 6.20. The molecule has 0 saturated heterocycles. The number of hydrogen-bond donors (Lipinski definition) is 1. The second-order valence-corrected chi connectivity index (χ2v) is 4.61. The van der Waals surface area contributed by atoms with Crippen LogP contribution in [-0.4, -0.2) is 19.1 Å². The van der Waals surface area contributed by atoms with Gasteiger partial charge in [0.25, 0.3) is 5.91 Å². The number of para-hydroxylation sites is 1. The minimum atomic E-state index is -0.148. The van der Waals surface area contributed by atoms with Gasteiger partial charge in [0.05, 0.1) is 12.0 Å². The Bertz CT molecular complexity index is 508. The Morgan fingerprint density at radius 1 is 1.55 bits per heavy atom. The summed E-state index contributed by atoms with van der Waals surface area (Å²) < 4.78 is 12.5. The highest BCUT2D eigenvalue weighted by Crippen LogP contribution is 2.30. The Balaban J connectivity index is 0.00000200. The molecule has 1 heterocycles. The maximum Gasteiger partial charge on any atom is 0.254 e. The van der Waals surface area contributed by atoms with Crippen molar-refractivity contribution < 1.29 is 14.0 Å². The van der Waals surface area contributed by atoms with Gasteiger partial charge in [0, 0.05) is 12.5 Å². The Labute approximate surface area is 123 Å². The SMILES string of the molecule is CC1Cc2ccccc2N(OC/C(=C\F)CN)C1=O.Cl. The van der Waals surface area contributed by atoms with Crippen molar-refractivity contribution in [3.63, 3.8) is 0 Å². The van der Waals surface area contributed by atoms with Crippen LogP contribution in [0.2, 0.25) is 0 Å². The highest BCUT2D eigenvalue weighted by Gasteiger charge is 2.30. The van der Waals surface area contributed by atoms with Crippen LogP contribution in [-0.2, 0) is 16.1 Å². The number of anilines is 1. The summed E-state index contributed by atoms with van der Waals surface area (Å²) >= 11 is 0. The van der Waals surface area contributed by atoms with E-state index in [0.717, 1.165) is 11.3 Å². The van der Waals surface area contributed by atoms with Crippen molar-refractivity contribution >= 4 is 24.0 Å². The van der Waals surface area contributed by atoms with Crippen LogP contribution in [0.3, 0.4) is 0 Å². The molecule has 1 aliphatic rings. The zero-order valence-electron chi connectivity index (χ0n) is 11.2. The van der Waals surface area contributed by atoms with Gasteiger partial charge in [0.2, 0.25) is 0 Å². The first-order valence-corrected chi connectivity index (χ1v) is 6.20. The quantitative estimate of drug-likeness (QED) is 0.929. The number of carbonyl (C=O) groups is 1. The molecule has 0 bridgehead atoms. The number of hydroxylamine groups is 1. The fraction of sp³-hybridized carbons (Fsp3) is 0.357. The highest BCUT2D eigenvalue weighted by atomic mass is 35.5. The lowest BCUT2D eigenvalue weighted by Crippen LogP contribution is -2.40. The van der Waals surface area contributed by atoms with E-state index in [-0.39, 0.29) is 37.4 Å². The van der Waals surface area contributed by atoms with Crippen LogP contribution in [0.25, 0.3) is 0 Å². The molecule has 2 N–H and O–H groups in total. The van der Waals surface area contributed by atoms with Gasteiger partial charge in [0.1, 0.15) is 6.61 Å². The number of benzene rings is 1. The molecule has 1 aromatic rings. The number of rotatable bonds is 4. The van der Waals surface area contributed by atoms with Gasteiger partial charge in [-0.1, -0.05) is 25.1 Å². The molecule has 1 aliphatic heterocycles. The lowest BCUT2D eigenvalue weighted by atomic mass is 9.94. The van der Waals surface area contributed by atoms with Gasteiger partial charge in [0.15, 0.2) is 0 Å². The third kappa shape index (κ3) is 3.36. The van der Waals surface area contributed by atoms with E-state index in [1.807, 2.05) is 31.2 Å². The summed E-state index contributed by atoms with van der Waals surface area (Å²) in [5, 5.41) is 1.25. The fourth-order valence-corrected chi connectivity index (χ4v) is 2.03. The van der Waals surface area contributed by atoms with E-state index in [1.54, 1.807) is 0 Å². The lowest BCUT2D eigenvalue weighted by Gasteiger charge is -2.31. The maximum atomic E-state index is 12.5. The van der Waals surface area contributed by atoms with Gasteiger partial charge in [-0.05, 0) is 23.6 Å². The molecular weight excluding hydrogens is 283 g/mol. The molecule has 1 amide bonds. The van der Waals surface area contributed by atoms with Gasteiger partial charge < -0.3 is 5.73 Å². The summed E-state index contributed by atoms with van der Waals surface area (Å²) in [6, 6.07) is 7.55. The first-order chi connectivity index (χ1) is 9.17. The number of nitrogens with two attached hydrogens (primary N) is 1. The largest absolute Gasteiger partial charge is 0.327 e. The van der Waals surface area contributed by atoms with E-state index in [9.17, 15) is 9.18 Å². The van der Waals surface area contributed by atoms with Gasteiger partial charge in [-0.15, -0.1) is 12.4 Å². The van der Waals surface area contributed by atoms with Crippen LogP contribution in [0.15, 0.2) is 36.2 Å². The van der Waals surface area contributed by atoms with Crippen molar-refractivity contribution in [2.24, 2.45) is 11.7 Å². The van der Waals surface area contributed by atoms with E-state index in [2.05, 4.69) is 0 Å². The van der Waals surface area contributed by atoms with Gasteiger partial charge in [-0.2, -0.15) is 5.06 Å². The second kappa shape index (κ2) is 7.38. The summed E-state index contributed by atoms with van der Waals surface area (Å²) in [5.74, 6) is -0.264. The predicted octanol–water partition coefficient (Wildman–Crippen LogP) is 2.38. The molecule has 1 atom stereocenters. The van der Waals surface area contributed by atoms with Crippen molar-refractivity contribution in [2.75, 3.05) is 18.2 Å². The molecule has 2 rings (SSSR count). The molecule has 0 saturated carbocycles. The Morgan fingerprint density at radius 3 is 2.90 bits per heavy atom. The van der Waals surface area contributed by atoms with Crippen molar-refractivity contribution in [2.45, 2.75) is 13.3 Å². The zero-order chi connectivity index (χ0) is 13.8. The van der Waals surface area contributed by atoms with Gasteiger partial charge in [-0.25, -0.2) is 4.39 Å². The summed E-state index contributed by atoms with van der Waals surface area (Å²) in [4.78, 5) is 17.6. The van der Waals surface area contributed by atoms with E-state index in [0.29, 0.717) is 18.3 Å². The van der Waals surface area contributed by atoms with Gasteiger partial charge >= 0.3 is 0 Å². The molecule has 20 heavy (non-hydrogen) atoms. The average Bonchev–Trinajstić information content (AvgIpc) is 2.43. The molecule has 0 spiro atoms. The third-order valence-electron chi connectivity index (χ3n) is 3.15. The van der Waals surface area contributed by atoms with Crippen LogP contribution < -0.4 is 10.8 Å². The van der Waals surface area contributed by atoms with Crippen molar-refractivity contribution in [3.8, 4) is 0 Å². The predicted molar refractivity (Wildman–Crippen MR) is 78.2 cm³/mol.